The number of carbonyl (C=O) groups is 1. The number of pyridine rings is 1. The third kappa shape index (κ3) is 4.71. The van der Waals surface area contributed by atoms with Gasteiger partial charge in [0.2, 0.25) is 5.88 Å². The van der Waals surface area contributed by atoms with E-state index in [2.05, 4.69) is 10.3 Å². The molecule has 0 atom stereocenters. The van der Waals surface area contributed by atoms with Gasteiger partial charge in [0.25, 0.3) is 5.91 Å². The maximum absolute atomic E-state index is 12.2. The summed E-state index contributed by atoms with van der Waals surface area (Å²) in [5.41, 5.74) is 1.13. The highest BCUT2D eigenvalue weighted by Crippen LogP contribution is 2.23. The minimum absolute atomic E-state index is 0.0743. The molecular formula is C19H18ClN3O2. The fraction of sp³-hybridized carbons (Fsp3) is 0.316. The molecule has 1 fully saturated rings. The summed E-state index contributed by atoms with van der Waals surface area (Å²) in [5, 5.41) is 12.5. The summed E-state index contributed by atoms with van der Waals surface area (Å²) in [6.07, 6.45) is 5.03. The van der Waals surface area contributed by atoms with E-state index in [9.17, 15) is 4.79 Å². The molecule has 128 valence electrons. The summed E-state index contributed by atoms with van der Waals surface area (Å²) in [5.74, 6) is 0.461. The molecule has 0 saturated heterocycles. The number of benzene rings is 1. The van der Waals surface area contributed by atoms with Crippen LogP contribution in [0.5, 0.6) is 5.88 Å². The first-order valence-electron chi connectivity index (χ1n) is 8.23. The quantitative estimate of drug-likeness (QED) is 0.906. The smallest absolute Gasteiger partial charge is 0.251 e. The summed E-state index contributed by atoms with van der Waals surface area (Å²) in [7, 11) is 0. The van der Waals surface area contributed by atoms with Crippen LogP contribution in [-0.4, -0.2) is 23.0 Å². The Bertz CT molecular complexity index is 761. The van der Waals surface area contributed by atoms with Gasteiger partial charge >= 0.3 is 0 Å². The van der Waals surface area contributed by atoms with Crippen LogP contribution in [0.15, 0.2) is 42.6 Å². The van der Waals surface area contributed by atoms with Crippen molar-refractivity contribution in [1.29, 1.82) is 5.26 Å². The van der Waals surface area contributed by atoms with Crippen LogP contribution in [0.2, 0.25) is 5.02 Å². The van der Waals surface area contributed by atoms with Gasteiger partial charge in [0.05, 0.1) is 5.56 Å². The second-order valence-corrected chi connectivity index (χ2v) is 6.51. The largest absolute Gasteiger partial charge is 0.474 e. The minimum atomic E-state index is -0.0743. The van der Waals surface area contributed by atoms with Crippen LogP contribution in [0.1, 0.15) is 41.6 Å². The Morgan fingerprint density at radius 2 is 1.88 bits per heavy atom. The Balaban J connectivity index is 1.47. The van der Waals surface area contributed by atoms with Gasteiger partial charge in [-0.25, -0.2) is 4.98 Å². The number of carbonyl (C=O) groups excluding carboxylic acids is 1. The Morgan fingerprint density at radius 1 is 1.16 bits per heavy atom. The van der Waals surface area contributed by atoms with E-state index in [4.69, 9.17) is 21.6 Å². The first-order valence-corrected chi connectivity index (χ1v) is 8.61. The summed E-state index contributed by atoms with van der Waals surface area (Å²) >= 11 is 5.84. The third-order valence-corrected chi connectivity index (χ3v) is 4.52. The van der Waals surface area contributed by atoms with Crippen LogP contribution in [0.4, 0.5) is 0 Å². The predicted octanol–water partition coefficient (Wildman–Crippen LogP) is 3.73. The lowest BCUT2D eigenvalue weighted by atomic mass is 9.92. The van der Waals surface area contributed by atoms with Crippen LogP contribution in [-0.2, 0) is 0 Å². The van der Waals surface area contributed by atoms with Gasteiger partial charge < -0.3 is 10.1 Å². The highest BCUT2D eigenvalue weighted by atomic mass is 35.5. The number of hydrogen-bond acceptors (Lipinski definition) is 4. The molecule has 1 aromatic carbocycles. The highest BCUT2D eigenvalue weighted by Gasteiger charge is 2.24. The van der Waals surface area contributed by atoms with E-state index < -0.39 is 0 Å². The molecule has 5 nitrogen and oxygen atoms in total. The first kappa shape index (κ1) is 17.2. The maximum atomic E-state index is 12.2. The normalized spacial score (nSPS) is 19.7. The standard InChI is InChI=1S/C19H18ClN3O2/c20-15-4-2-14(3-5-15)19(24)23-16-6-8-17(9-7-16)25-18-10-1-13(11-21)12-22-18/h1-5,10,12,16-17H,6-9H2,(H,23,24). The van der Waals surface area contributed by atoms with Gasteiger partial charge in [0.1, 0.15) is 12.2 Å². The molecule has 0 spiro atoms. The van der Waals surface area contributed by atoms with Gasteiger partial charge in [0.15, 0.2) is 0 Å². The molecule has 0 radical (unpaired) electrons. The van der Waals surface area contributed by atoms with Crippen molar-refractivity contribution in [2.75, 3.05) is 0 Å². The minimum Gasteiger partial charge on any atom is -0.474 e. The van der Waals surface area contributed by atoms with Gasteiger partial charge in [-0.1, -0.05) is 11.6 Å². The summed E-state index contributed by atoms with van der Waals surface area (Å²) in [6.45, 7) is 0. The van der Waals surface area contributed by atoms with E-state index in [0.29, 0.717) is 22.0 Å². The zero-order valence-corrected chi connectivity index (χ0v) is 14.4. The molecule has 1 aliphatic rings. The molecule has 0 bridgehead atoms. The fourth-order valence-electron chi connectivity index (χ4n) is 2.88. The summed E-state index contributed by atoms with van der Waals surface area (Å²) in [4.78, 5) is 16.4. The Hall–Kier alpha value is -2.58. The number of amides is 1. The third-order valence-electron chi connectivity index (χ3n) is 4.27. The van der Waals surface area contributed by atoms with E-state index in [1.165, 1.54) is 6.20 Å². The number of nitrogens with one attached hydrogen (secondary N) is 1. The van der Waals surface area contributed by atoms with Crippen molar-refractivity contribution in [2.24, 2.45) is 0 Å². The predicted molar refractivity (Wildman–Crippen MR) is 94.5 cm³/mol. The molecule has 1 amide bonds. The average Bonchev–Trinajstić information content (AvgIpc) is 2.64. The van der Waals surface area contributed by atoms with Crippen molar-refractivity contribution >= 4 is 17.5 Å². The van der Waals surface area contributed by atoms with Crippen molar-refractivity contribution in [3.63, 3.8) is 0 Å². The van der Waals surface area contributed by atoms with Gasteiger partial charge in [-0.05, 0) is 56.0 Å². The maximum Gasteiger partial charge on any atom is 0.251 e. The van der Waals surface area contributed by atoms with Gasteiger partial charge in [-0.2, -0.15) is 5.26 Å². The van der Waals surface area contributed by atoms with Crippen LogP contribution in [0.25, 0.3) is 0 Å². The molecule has 1 N–H and O–H groups in total. The summed E-state index contributed by atoms with van der Waals surface area (Å²) < 4.78 is 5.86. The van der Waals surface area contributed by atoms with Crippen molar-refractivity contribution < 1.29 is 9.53 Å². The molecule has 6 heteroatoms. The van der Waals surface area contributed by atoms with E-state index in [1.54, 1.807) is 36.4 Å². The molecule has 0 aliphatic heterocycles. The molecule has 0 unspecified atom stereocenters. The van der Waals surface area contributed by atoms with Crippen LogP contribution in [0.3, 0.4) is 0 Å². The zero-order chi connectivity index (χ0) is 17.6. The number of nitriles is 1. The first-order chi connectivity index (χ1) is 12.1. The molecule has 1 heterocycles. The van der Waals surface area contributed by atoms with Gasteiger partial charge in [0, 0.05) is 28.9 Å². The monoisotopic (exact) mass is 355 g/mol. The molecule has 25 heavy (non-hydrogen) atoms. The number of nitrogens with zero attached hydrogens (tertiary/aromatic N) is 2. The van der Waals surface area contributed by atoms with Crippen LogP contribution >= 0.6 is 11.6 Å². The molecule has 1 saturated carbocycles. The molecular weight excluding hydrogens is 338 g/mol. The number of hydrogen-bond donors (Lipinski definition) is 1. The SMILES string of the molecule is N#Cc1ccc(OC2CCC(NC(=O)c3ccc(Cl)cc3)CC2)nc1. The number of ether oxygens (including phenoxy) is 1. The highest BCUT2D eigenvalue weighted by molar-refractivity contribution is 6.30. The van der Waals surface area contributed by atoms with Crippen molar-refractivity contribution in [3.8, 4) is 11.9 Å². The van der Waals surface area contributed by atoms with Gasteiger partial charge in [-0.3, -0.25) is 4.79 Å². The molecule has 1 aromatic heterocycles. The second-order valence-electron chi connectivity index (χ2n) is 6.07. The van der Waals surface area contributed by atoms with Crippen molar-refractivity contribution in [3.05, 3.63) is 58.7 Å². The molecule has 3 rings (SSSR count). The lowest BCUT2D eigenvalue weighted by Crippen LogP contribution is -2.39. The van der Waals surface area contributed by atoms with E-state index >= 15 is 0 Å². The Morgan fingerprint density at radius 3 is 2.48 bits per heavy atom. The number of aromatic nitrogens is 1. The van der Waals surface area contributed by atoms with Gasteiger partial charge in [-0.15, -0.1) is 0 Å². The average molecular weight is 356 g/mol. The fourth-order valence-corrected chi connectivity index (χ4v) is 3.01. The van der Waals surface area contributed by atoms with Crippen LogP contribution < -0.4 is 10.1 Å². The Kier molecular flexibility index (Phi) is 5.52. The van der Waals surface area contributed by atoms with Crippen molar-refractivity contribution in [1.82, 2.24) is 10.3 Å². The van der Waals surface area contributed by atoms with E-state index in [0.717, 1.165) is 25.7 Å². The summed E-state index contributed by atoms with van der Waals surface area (Å²) in [6, 6.07) is 12.5. The van der Waals surface area contributed by atoms with Crippen molar-refractivity contribution in [2.45, 2.75) is 37.8 Å². The number of rotatable bonds is 4. The van der Waals surface area contributed by atoms with Crippen LogP contribution in [0, 0.1) is 11.3 Å². The van der Waals surface area contributed by atoms with E-state index in [1.807, 2.05) is 6.07 Å². The van der Waals surface area contributed by atoms with E-state index in [-0.39, 0.29) is 18.1 Å². The topological polar surface area (TPSA) is 75.0 Å². The lowest BCUT2D eigenvalue weighted by molar-refractivity contribution is 0.0890. The lowest BCUT2D eigenvalue weighted by Gasteiger charge is -2.29. The molecule has 2 aromatic rings. The molecule has 1 aliphatic carbocycles. The second kappa shape index (κ2) is 8.00. The Labute approximate surface area is 151 Å². The number of halogens is 1. The zero-order valence-electron chi connectivity index (χ0n) is 13.6.